The van der Waals surface area contributed by atoms with Crippen molar-refractivity contribution in [2.24, 2.45) is 0 Å². The largest absolute Gasteiger partial charge is 0.355 e. The predicted molar refractivity (Wildman–Crippen MR) is 92.7 cm³/mol. The van der Waals surface area contributed by atoms with E-state index in [2.05, 4.69) is 64.4 Å². The minimum absolute atomic E-state index is 0.827. The van der Waals surface area contributed by atoms with Crippen molar-refractivity contribution < 1.29 is 0 Å². The van der Waals surface area contributed by atoms with Crippen molar-refractivity contribution in [2.45, 2.75) is 26.9 Å². The highest BCUT2D eigenvalue weighted by Gasteiger charge is 2.13. The van der Waals surface area contributed by atoms with Crippen LogP contribution < -0.4 is 10.2 Å². The van der Waals surface area contributed by atoms with Crippen molar-refractivity contribution in [1.29, 1.82) is 0 Å². The van der Waals surface area contributed by atoms with Crippen molar-refractivity contribution in [1.82, 2.24) is 10.3 Å². The lowest BCUT2D eigenvalue weighted by molar-refractivity contribution is 0.786. The number of halogens is 1. The Morgan fingerprint density at radius 2 is 1.95 bits per heavy atom. The third-order valence-corrected chi connectivity index (χ3v) is 4.31. The van der Waals surface area contributed by atoms with E-state index in [0.29, 0.717) is 0 Å². The van der Waals surface area contributed by atoms with Gasteiger partial charge in [-0.25, -0.2) is 4.98 Å². The van der Waals surface area contributed by atoms with E-state index < -0.39 is 0 Å². The molecule has 1 aromatic carbocycles. The van der Waals surface area contributed by atoms with E-state index in [0.717, 1.165) is 29.1 Å². The lowest BCUT2D eigenvalue weighted by Crippen LogP contribution is -2.22. The highest BCUT2D eigenvalue weighted by atomic mass is 79.9. The molecule has 0 fully saturated rings. The molecule has 21 heavy (non-hydrogen) atoms. The van der Waals surface area contributed by atoms with E-state index in [4.69, 9.17) is 4.98 Å². The van der Waals surface area contributed by atoms with Crippen molar-refractivity contribution >= 4 is 21.7 Å². The van der Waals surface area contributed by atoms with E-state index in [1.165, 1.54) is 16.7 Å². The van der Waals surface area contributed by atoms with Gasteiger partial charge >= 0.3 is 0 Å². The van der Waals surface area contributed by atoms with Gasteiger partial charge in [0.15, 0.2) is 0 Å². The Morgan fingerprint density at radius 1 is 1.24 bits per heavy atom. The van der Waals surface area contributed by atoms with Gasteiger partial charge in [-0.3, -0.25) is 0 Å². The van der Waals surface area contributed by atoms with Crippen LogP contribution in [0.2, 0.25) is 0 Å². The van der Waals surface area contributed by atoms with Gasteiger partial charge < -0.3 is 10.2 Å². The topological polar surface area (TPSA) is 28.2 Å². The van der Waals surface area contributed by atoms with Crippen LogP contribution in [0, 0.1) is 13.8 Å². The standard InChI is InChI=1S/C17H22BrN3/c1-12-9-13(2)20-17(15(12)10-19-3)21(4)11-14-7-5-6-8-16(14)18/h5-9,19H,10-11H2,1-4H3. The summed E-state index contributed by atoms with van der Waals surface area (Å²) >= 11 is 3.62. The first kappa shape index (κ1) is 16.0. The first-order chi connectivity index (χ1) is 10.0. The van der Waals surface area contributed by atoms with Crippen molar-refractivity contribution in [3.8, 4) is 0 Å². The molecule has 0 aliphatic rings. The average molecular weight is 348 g/mol. The molecule has 2 rings (SSSR count). The van der Waals surface area contributed by atoms with Crippen molar-refractivity contribution in [2.75, 3.05) is 19.0 Å². The van der Waals surface area contributed by atoms with E-state index in [-0.39, 0.29) is 0 Å². The van der Waals surface area contributed by atoms with Crippen LogP contribution >= 0.6 is 15.9 Å². The van der Waals surface area contributed by atoms with Crippen LogP contribution in [-0.4, -0.2) is 19.1 Å². The van der Waals surface area contributed by atoms with E-state index >= 15 is 0 Å². The van der Waals surface area contributed by atoms with E-state index in [1.807, 2.05) is 20.0 Å². The maximum Gasteiger partial charge on any atom is 0.133 e. The zero-order chi connectivity index (χ0) is 15.4. The number of nitrogens with zero attached hydrogens (tertiary/aromatic N) is 2. The Balaban J connectivity index is 2.34. The van der Waals surface area contributed by atoms with Gasteiger partial charge in [0.05, 0.1) is 0 Å². The summed E-state index contributed by atoms with van der Waals surface area (Å²) < 4.78 is 1.14. The van der Waals surface area contributed by atoms with E-state index in [9.17, 15) is 0 Å². The summed E-state index contributed by atoms with van der Waals surface area (Å²) in [5, 5.41) is 3.24. The number of hydrogen-bond acceptors (Lipinski definition) is 3. The third-order valence-electron chi connectivity index (χ3n) is 3.53. The van der Waals surface area contributed by atoms with Crippen LogP contribution in [0.25, 0.3) is 0 Å². The van der Waals surface area contributed by atoms with Gasteiger partial charge in [-0.15, -0.1) is 0 Å². The Bertz CT molecular complexity index is 625. The number of benzene rings is 1. The molecule has 1 N–H and O–H groups in total. The molecule has 0 spiro atoms. The summed E-state index contributed by atoms with van der Waals surface area (Å²) in [5.41, 5.74) is 4.86. The fraction of sp³-hybridized carbons (Fsp3) is 0.353. The Morgan fingerprint density at radius 3 is 2.62 bits per heavy atom. The zero-order valence-electron chi connectivity index (χ0n) is 13.1. The van der Waals surface area contributed by atoms with Gasteiger partial charge in [0.1, 0.15) is 5.82 Å². The molecular formula is C17H22BrN3. The second kappa shape index (κ2) is 7.05. The van der Waals surface area contributed by atoms with Gasteiger partial charge in [0.25, 0.3) is 0 Å². The lowest BCUT2D eigenvalue weighted by Gasteiger charge is -2.23. The van der Waals surface area contributed by atoms with Gasteiger partial charge in [0.2, 0.25) is 0 Å². The number of aromatic nitrogens is 1. The molecule has 0 radical (unpaired) electrons. The fourth-order valence-electron chi connectivity index (χ4n) is 2.51. The molecule has 0 bridgehead atoms. The summed E-state index contributed by atoms with van der Waals surface area (Å²) in [6, 6.07) is 10.5. The number of pyridine rings is 1. The number of nitrogens with one attached hydrogen (secondary N) is 1. The van der Waals surface area contributed by atoms with Crippen LogP contribution in [0.4, 0.5) is 5.82 Å². The second-order valence-corrected chi connectivity index (χ2v) is 6.21. The van der Waals surface area contributed by atoms with Crippen LogP contribution in [-0.2, 0) is 13.1 Å². The molecule has 0 aliphatic heterocycles. The molecule has 0 unspecified atom stereocenters. The monoisotopic (exact) mass is 347 g/mol. The average Bonchev–Trinajstić information content (AvgIpc) is 2.44. The first-order valence-corrected chi connectivity index (χ1v) is 7.88. The first-order valence-electron chi connectivity index (χ1n) is 7.09. The Hall–Kier alpha value is -1.39. The highest BCUT2D eigenvalue weighted by molar-refractivity contribution is 9.10. The van der Waals surface area contributed by atoms with Crippen molar-refractivity contribution in [3.05, 3.63) is 57.2 Å². The van der Waals surface area contributed by atoms with E-state index in [1.54, 1.807) is 0 Å². The van der Waals surface area contributed by atoms with Crippen molar-refractivity contribution in [3.63, 3.8) is 0 Å². The molecule has 4 heteroatoms. The quantitative estimate of drug-likeness (QED) is 0.891. The van der Waals surface area contributed by atoms with Crippen LogP contribution in [0.15, 0.2) is 34.8 Å². The summed E-state index contributed by atoms with van der Waals surface area (Å²) in [7, 11) is 4.07. The molecule has 1 aromatic heterocycles. The summed E-state index contributed by atoms with van der Waals surface area (Å²) in [5.74, 6) is 1.05. The predicted octanol–water partition coefficient (Wildman–Crippen LogP) is 3.82. The maximum atomic E-state index is 4.75. The van der Waals surface area contributed by atoms with Gasteiger partial charge in [-0.2, -0.15) is 0 Å². The summed E-state index contributed by atoms with van der Waals surface area (Å²) in [6.07, 6.45) is 0. The van der Waals surface area contributed by atoms with Gasteiger partial charge in [0, 0.05) is 35.9 Å². The van der Waals surface area contributed by atoms with Crippen LogP contribution in [0.5, 0.6) is 0 Å². The highest BCUT2D eigenvalue weighted by Crippen LogP contribution is 2.25. The molecule has 0 saturated carbocycles. The molecule has 1 heterocycles. The minimum Gasteiger partial charge on any atom is -0.355 e. The van der Waals surface area contributed by atoms with Crippen LogP contribution in [0.3, 0.4) is 0 Å². The molecule has 0 aliphatic carbocycles. The smallest absolute Gasteiger partial charge is 0.133 e. The number of hydrogen-bond donors (Lipinski definition) is 1. The normalized spacial score (nSPS) is 10.7. The number of rotatable bonds is 5. The Labute approximate surface area is 135 Å². The second-order valence-electron chi connectivity index (χ2n) is 5.36. The fourth-order valence-corrected chi connectivity index (χ4v) is 2.92. The number of anilines is 1. The van der Waals surface area contributed by atoms with Gasteiger partial charge in [-0.1, -0.05) is 34.1 Å². The molecule has 0 atom stereocenters. The molecule has 112 valence electrons. The summed E-state index contributed by atoms with van der Waals surface area (Å²) in [4.78, 5) is 6.96. The lowest BCUT2D eigenvalue weighted by atomic mass is 10.1. The maximum absolute atomic E-state index is 4.75. The minimum atomic E-state index is 0.827. The summed E-state index contributed by atoms with van der Waals surface area (Å²) in [6.45, 7) is 5.85. The SMILES string of the molecule is CNCc1c(C)cc(C)nc1N(C)Cc1ccccc1Br. The molecule has 2 aromatic rings. The Kier molecular flexibility index (Phi) is 5.37. The van der Waals surface area contributed by atoms with Crippen LogP contribution in [0.1, 0.15) is 22.4 Å². The molecule has 3 nitrogen and oxygen atoms in total. The molecule has 0 saturated heterocycles. The number of aryl methyl sites for hydroxylation is 2. The molecule has 0 amide bonds. The molecular weight excluding hydrogens is 326 g/mol. The van der Waals surface area contributed by atoms with Gasteiger partial charge in [-0.05, 0) is 44.2 Å². The zero-order valence-corrected chi connectivity index (χ0v) is 14.7. The third kappa shape index (κ3) is 3.83.